The smallest absolute Gasteiger partial charge is 0.239 e. The first-order valence-electron chi connectivity index (χ1n) is 7.74. The predicted molar refractivity (Wildman–Crippen MR) is 105 cm³/mol. The fourth-order valence-electron chi connectivity index (χ4n) is 3.04. The Balaban J connectivity index is 1.82. The van der Waals surface area contributed by atoms with Crippen molar-refractivity contribution in [1.29, 1.82) is 0 Å². The average Bonchev–Trinajstić information content (AvgIpc) is 3.15. The molecule has 3 aromatic rings. The molecule has 3 N–H and O–H groups in total. The van der Waals surface area contributed by atoms with Crippen molar-refractivity contribution in [3.8, 4) is 10.6 Å². The fourth-order valence-corrected chi connectivity index (χ4v) is 6.17. The van der Waals surface area contributed by atoms with Crippen LogP contribution in [0.5, 0.6) is 0 Å². The number of guanidine groups is 1. The van der Waals surface area contributed by atoms with Gasteiger partial charge in [-0.3, -0.25) is 4.98 Å². The van der Waals surface area contributed by atoms with Crippen LogP contribution in [0.3, 0.4) is 0 Å². The van der Waals surface area contributed by atoms with E-state index < -0.39 is 15.6 Å². The van der Waals surface area contributed by atoms with Crippen molar-refractivity contribution in [2.45, 2.75) is 12.5 Å². The normalized spacial score (nSPS) is 22.6. The van der Waals surface area contributed by atoms with Crippen LogP contribution in [0.15, 0.2) is 35.6 Å². The van der Waals surface area contributed by atoms with E-state index in [-0.39, 0.29) is 11.7 Å². The highest BCUT2D eigenvalue weighted by Gasteiger charge is 2.42. The van der Waals surface area contributed by atoms with Gasteiger partial charge < -0.3 is 10.7 Å². The van der Waals surface area contributed by atoms with E-state index in [1.165, 1.54) is 18.4 Å². The summed E-state index contributed by atoms with van der Waals surface area (Å²) in [6.45, 7) is 1.74. The molecule has 7 nitrogen and oxygen atoms in total. The number of hydrogen-bond acceptors (Lipinski definition) is 6. The number of hydrogen-bond donors (Lipinski definition) is 2. The number of aliphatic imine (C=N–C) groups is 1. The molecule has 0 saturated heterocycles. The average molecular weight is 410 g/mol. The predicted octanol–water partition coefficient (Wildman–Crippen LogP) is 2.75. The quantitative estimate of drug-likeness (QED) is 0.678. The lowest BCUT2D eigenvalue weighted by atomic mass is 10.0. The molecule has 1 atom stereocenters. The Kier molecular flexibility index (Phi) is 3.80. The van der Waals surface area contributed by atoms with E-state index in [2.05, 4.69) is 15.0 Å². The number of rotatable bonds is 2. The van der Waals surface area contributed by atoms with Crippen LogP contribution in [0.4, 0.5) is 0 Å². The van der Waals surface area contributed by atoms with E-state index in [0.717, 1.165) is 25.8 Å². The molecular formula is C16H16ClN5O2S2. The van der Waals surface area contributed by atoms with Crippen LogP contribution in [0, 0.1) is 0 Å². The Morgan fingerprint density at radius 3 is 2.88 bits per heavy atom. The van der Waals surface area contributed by atoms with Gasteiger partial charge in [0.2, 0.25) is 16.0 Å². The van der Waals surface area contributed by atoms with Crippen LogP contribution in [-0.2, 0) is 15.6 Å². The molecule has 0 bridgehead atoms. The SMILES string of the molecule is CN1C(N)=N[C@](C)(c2sc(-c3cc4cnccc4[nH]3)cc2Cl)CS1(=O)=O. The second kappa shape index (κ2) is 5.70. The zero-order valence-electron chi connectivity index (χ0n) is 14.0. The van der Waals surface area contributed by atoms with Crippen molar-refractivity contribution < 1.29 is 8.42 Å². The van der Waals surface area contributed by atoms with Gasteiger partial charge in [-0.2, -0.15) is 0 Å². The van der Waals surface area contributed by atoms with Gasteiger partial charge in [0.25, 0.3) is 0 Å². The van der Waals surface area contributed by atoms with Crippen molar-refractivity contribution >= 4 is 49.8 Å². The molecule has 0 saturated carbocycles. The van der Waals surface area contributed by atoms with Crippen LogP contribution in [0.1, 0.15) is 11.8 Å². The molecule has 0 aliphatic carbocycles. The lowest BCUT2D eigenvalue weighted by Gasteiger charge is -2.33. The maximum atomic E-state index is 12.4. The molecule has 0 spiro atoms. The number of pyridine rings is 1. The van der Waals surface area contributed by atoms with E-state index in [1.54, 1.807) is 19.3 Å². The third-order valence-corrected chi connectivity index (χ3v) is 8.21. The minimum absolute atomic E-state index is 0.0403. The van der Waals surface area contributed by atoms with E-state index in [4.69, 9.17) is 17.3 Å². The number of nitrogens with one attached hydrogen (secondary N) is 1. The Bertz CT molecular complexity index is 1120. The summed E-state index contributed by atoms with van der Waals surface area (Å²) in [5.41, 5.74) is 6.67. The minimum atomic E-state index is -3.55. The minimum Gasteiger partial charge on any atom is -0.369 e. The molecule has 10 heteroatoms. The monoisotopic (exact) mass is 409 g/mol. The summed E-state index contributed by atoms with van der Waals surface area (Å²) in [5, 5.41) is 1.46. The number of H-pyrrole nitrogens is 1. The van der Waals surface area contributed by atoms with E-state index in [0.29, 0.717) is 9.90 Å². The highest BCUT2D eigenvalue weighted by atomic mass is 35.5. The summed E-state index contributed by atoms with van der Waals surface area (Å²) in [4.78, 5) is 13.4. The third-order valence-electron chi connectivity index (χ3n) is 4.43. The number of aromatic nitrogens is 2. The second-order valence-electron chi connectivity index (χ2n) is 6.40. The number of nitrogens with zero attached hydrogens (tertiary/aromatic N) is 3. The second-order valence-corrected chi connectivity index (χ2v) is 9.86. The molecule has 0 unspecified atom stereocenters. The molecule has 1 aliphatic rings. The van der Waals surface area contributed by atoms with Gasteiger partial charge in [-0.15, -0.1) is 11.3 Å². The van der Waals surface area contributed by atoms with Crippen LogP contribution < -0.4 is 5.73 Å². The Labute approximate surface area is 159 Å². The van der Waals surface area contributed by atoms with Gasteiger partial charge in [-0.05, 0) is 25.1 Å². The first-order chi connectivity index (χ1) is 12.2. The first-order valence-corrected chi connectivity index (χ1v) is 10.5. The van der Waals surface area contributed by atoms with E-state index in [9.17, 15) is 8.42 Å². The molecule has 136 valence electrons. The van der Waals surface area contributed by atoms with E-state index in [1.807, 2.05) is 18.2 Å². The molecule has 0 radical (unpaired) electrons. The van der Waals surface area contributed by atoms with Crippen molar-refractivity contribution in [3.05, 3.63) is 40.5 Å². The number of thiophene rings is 1. The number of fused-ring (bicyclic) bond motifs is 1. The van der Waals surface area contributed by atoms with Gasteiger partial charge in [-0.25, -0.2) is 17.7 Å². The molecule has 1 aliphatic heterocycles. The lowest BCUT2D eigenvalue weighted by molar-refractivity contribution is 0.482. The van der Waals surface area contributed by atoms with Crippen LogP contribution in [-0.4, -0.2) is 41.5 Å². The van der Waals surface area contributed by atoms with Gasteiger partial charge in [-0.1, -0.05) is 11.6 Å². The summed E-state index contributed by atoms with van der Waals surface area (Å²) in [6.07, 6.45) is 3.50. The summed E-state index contributed by atoms with van der Waals surface area (Å²) in [6, 6.07) is 5.70. The van der Waals surface area contributed by atoms with E-state index >= 15 is 0 Å². The van der Waals surface area contributed by atoms with Crippen LogP contribution >= 0.6 is 22.9 Å². The van der Waals surface area contributed by atoms with Gasteiger partial charge in [0, 0.05) is 30.3 Å². The molecule has 0 amide bonds. The first kappa shape index (κ1) is 17.3. The zero-order chi connectivity index (χ0) is 18.7. The van der Waals surface area contributed by atoms with Crippen molar-refractivity contribution in [3.63, 3.8) is 0 Å². The zero-order valence-corrected chi connectivity index (χ0v) is 16.4. The third kappa shape index (κ3) is 2.67. The number of nitrogens with two attached hydrogens (primary N) is 1. The summed E-state index contributed by atoms with van der Waals surface area (Å²) in [5.74, 6) is -0.227. The molecule has 4 rings (SSSR count). The molecular weight excluding hydrogens is 394 g/mol. The highest BCUT2D eigenvalue weighted by Crippen LogP contribution is 2.44. The Hall–Kier alpha value is -2.10. The molecule has 3 aromatic heterocycles. The number of sulfonamides is 1. The Morgan fingerprint density at radius 1 is 1.42 bits per heavy atom. The lowest BCUT2D eigenvalue weighted by Crippen LogP contribution is -2.50. The molecule has 26 heavy (non-hydrogen) atoms. The summed E-state index contributed by atoms with van der Waals surface area (Å²) in [7, 11) is -2.15. The largest absolute Gasteiger partial charge is 0.369 e. The van der Waals surface area contributed by atoms with Crippen molar-refractivity contribution in [2.75, 3.05) is 12.8 Å². The van der Waals surface area contributed by atoms with Crippen molar-refractivity contribution in [1.82, 2.24) is 14.3 Å². The maximum absolute atomic E-state index is 12.4. The standard InChI is InChI=1S/C16H16ClN5O2S2/c1-16(8-26(23,24)22(2)15(18)21-16)14-10(17)6-13(25-14)12-5-9-7-19-4-3-11(9)20-12/h3-7,20H,8H2,1-2H3,(H2,18,21)/t16-/m0/s1. The highest BCUT2D eigenvalue weighted by molar-refractivity contribution is 7.89. The van der Waals surface area contributed by atoms with Gasteiger partial charge in [0.1, 0.15) is 5.54 Å². The number of halogens is 1. The van der Waals surface area contributed by atoms with Gasteiger partial charge in [0.05, 0.1) is 26.2 Å². The van der Waals surface area contributed by atoms with Crippen LogP contribution in [0.25, 0.3) is 21.5 Å². The van der Waals surface area contributed by atoms with Crippen molar-refractivity contribution in [2.24, 2.45) is 10.7 Å². The van der Waals surface area contributed by atoms with Gasteiger partial charge >= 0.3 is 0 Å². The summed E-state index contributed by atoms with van der Waals surface area (Å²) >= 11 is 7.87. The fraction of sp³-hybridized carbons (Fsp3) is 0.250. The van der Waals surface area contributed by atoms with Gasteiger partial charge in [0.15, 0.2) is 0 Å². The number of aromatic amines is 1. The topological polar surface area (TPSA) is 104 Å². The summed E-state index contributed by atoms with van der Waals surface area (Å²) < 4.78 is 25.8. The molecule has 0 aromatic carbocycles. The van der Waals surface area contributed by atoms with Crippen LogP contribution in [0.2, 0.25) is 5.02 Å². The Morgan fingerprint density at radius 2 is 2.19 bits per heavy atom. The maximum Gasteiger partial charge on any atom is 0.239 e. The molecule has 0 fully saturated rings. The molecule has 4 heterocycles.